The van der Waals surface area contributed by atoms with Gasteiger partial charge in [0, 0.05) is 22.8 Å². The van der Waals surface area contributed by atoms with Gasteiger partial charge in [0.15, 0.2) is 0 Å². The van der Waals surface area contributed by atoms with Gasteiger partial charge in [0.05, 0.1) is 6.04 Å². The summed E-state index contributed by atoms with van der Waals surface area (Å²) in [5.41, 5.74) is 0. The molecule has 0 saturated heterocycles. The minimum Gasteiger partial charge on any atom is -0.338 e. The van der Waals surface area contributed by atoms with Gasteiger partial charge in [-0.2, -0.15) is 0 Å². The Morgan fingerprint density at radius 3 is 2.57 bits per heavy atom. The van der Waals surface area contributed by atoms with E-state index in [9.17, 15) is 4.79 Å². The van der Waals surface area contributed by atoms with E-state index in [-0.39, 0.29) is 12.1 Å². The van der Waals surface area contributed by atoms with Crippen LogP contribution in [-0.4, -0.2) is 38.1 Å². The van der Waals surface area contributed by atoms with E-state index >= 15 is 0 Å². The van der Waals surface area contributed by atoms with Gasteiger partial charge >= 0.3 is 6.03 Å². The summed E-state index contributed by atoms with van der Waals surface area (Å²) >= 11 is 3.43. The number of carbonyl (C=O) groups is 1. The summed E-state index contributed by atoms with van der Waals surface area (Å²) < 4.78 is 0. The Balaban J connectivity index is 1.72. The Labute approximate surface area is 133 Å². The molecular formula is C15H21N3OS2. The van der Waals surface area contributed by atoms with Gasteiger partial charge in [0.25, 0.3) is 0 Å². The second-order valence-electron chi connectivity index (χ2n) is 4.96. The summed E-state index contributed by atoms with van der Waals surface area (Å²) in [6.45, 7) is 1.27. The van der Waals surface area contributed by atoms with Crippen LogP contribution in [0.3, 0.4) is 0 Å². The van der Waals surface area contributed by atoms with Gasteiger partial charge in [0.1, 0.15) is 0 Å². The highest BCUT2D eigenvalue weighted by atomic mass is 32.1. The molecule has 0 unspecified atom stereocenters. The SMILES string of the molecule is CN(C)[C@H](CNC(=O)NCCc1cccs1)c1cccs1. The molecule has 0 radical (unpaired) electrons. The van der Waals surface area contributed by atoms with E-state index in [1.807, 2.05) is 26.2 Å². The van der Waals surface area contributed by atoms with Crippen LogP contribution in [0.15, 0.2) is 35.0 Å². The first kappa shape index (κ1) is 16.0. The third kappa shape index (κ3) is 5.15. The van der Waals surface area contributed by atoms with Crippen molar-refractivity contribution in [2.24, 2.45) is 0 Å². The zero-order chi connectivity index (χ0) is 15.1. The zero-order valence-corrected chi connectivity index (χ0v) is 14.0. The highest BCUT2D eigenvalue weighted by molar-refractivity contribution is 7.10. The largest absolute Gasteiger partial charge is 0.338 e. The fourth-order valence-electron chi connectivity index (χ4n) is 2.02. The van der Waals surface area contributed by atoms with Crippen LogP contribution in [0.25, 0.3) is 0 Å². The molecule has 21 heavy (non-hydrogen) atoms. The van der Waals surface area contributed by atoms with Crippen LogP contribution < -0.4 is 10.6 Å². The molecule has 0 spiro atoms. The van der Waals surface area contributed by atoms with E-state index in [2.05, 4.69) is 38.4 Å². The first-order chi connectivity index (χ1) is 10.2. The lowest BCUT2D eigenvalue weighted by Gasteiger charge is -2.23. The molecule has 0 aromatic carbocycles. The van der Waals surface area contributed by atoms with Crippen molar-refractivity contribution in [1.29, 1.82) is 0 Å². The molecule has 0 aliphatic rings. The summed E-state index contributed by atoms with van der Waals surface area (Å²) in [6, 6.07) is 8.37. The van der Waals surface area contributed by atoms with Crippen molar-refractivity contribution < 1.29 is 4.79 Å². The first-order valence-corrected chi connectivity index (χ1v) is 8.66. The van der Waals surface area contributed by atoms with Crippen LogP contribution in [-0.2, 0) is 6.42 Å². The summed E-state index contributed by atoms with van der Waals surface area (Å²) in [6.07, 6.45) is 0.882. The van der Waals surface area contributed by atoms with Gasteiger partial charge in [-0.1, -0.05) is 12.1 Å². The first-order valence-electron chi connectivity index (χ1n) is 6.90. The van der Waals surface area contributed by atoms with Gasteiger partial charge in [-0.05, 0) is 43.4 Å². The highest BCUT2D eigenvalue weighted by Crippen LogP contribution is 2.22. The molecule has 0 aliphatic heterocycles. The molecule has 2 N–H and O–H groups in total. The van der Waals surface area contributed by atoms with E-state index in [4.69, 9.17) is 0 Å². The van der Waals surface area contributed by atoms with Crippen molar-refractivity contribution >= 4 is 28.7 Å². The van der Waals surface area contributed by atoms with Crippen molar-refractivity contribution in [3.05, 3.63) is 44.8 Å². The molecular weight excluding hydrogens is 302 g/mol. The normalized spacial score (nSPS) is 12.3. The van der Waals surface area contributed by atoms with Crippen LogP contribution in [0.4, 0.5) is 4.79 Å². The van der Waals surface area contributed by atoms with Crippen molar-refractivity contribution in [2.45, 2.75) is 12.5 Å². The van der Waals surface area contributed by atoms with Gasteiger partial charge in [-0.15, -0.1) is 22.7 Å². The predicted octanol–water partition coefficient (Wildman–Crippen LogP) is 2.95. The number of thiophene rings is 2. The molecule has 4 nitrogen and oxygen atoms in total. The van der Waals surface area contributed by atoms with Crippen LogP contribution in [0.1, 0.15) is 15.8 Å². The Bertz CT molecular complexity index is 523. The number of carbonyl (C=O) groups excluding carboxylic acids is 1. The van der Waals surface area contributed by atoms with Crippen molar-refractivity contribution in [3.8, 4) is 0 Å². The number of nitrogens with zero attached hydrogens (tertiary/aromatic N) is 1. The van der Waals surface area contributed by atoms with Gasteiger partial charge in [-0.25, -0.2) is 4.79 Å². The second-order valence-corrected chi connectivity index (χ2v) is 6.97. The van der Waals surface area contributed by atoms with E-state index < -0.39 is 0 Å². The number of rotatable bonds is 7. The molecule has 0 saturated carbocycles. The Kier molecular flexibility index (Phi) is 6.22. The van der Waals surface area contributed by atoms with E-state index in [0.29, 0.717) is 13.1 Å². The zero-order valence-electron chi connectivity index (χ0n) is 12.3. The average Bonchev–Trinajstić information content (AvgIpc) is 3.11. The Morgan fingerprint density at radius 1 is 1.19 bits per heavy atom. The number of amides is 2. The molecule has 6 heteroatoms. The van der Waals surface area contributed by atoms with Gasteiger partial charge in [-0.3, -0.25) is 0 Å². The minimum absolute atomic E-state index is 0.102. The van der Waals surface area contributed by atoms with Crippen LogP contribution in [0.2, 0.25) is 0 Å². The molecule has 0 aliphatic carbocycles. The smallest absolute Gasteiger partial charge is 0.314 e. The summed E-state index contributed by atoms with van der Waals surface area (Å²) in [5.74, 6) is 0. The van der Waals surface area contributed by atoms with E-state index in [0.717, 1.165) is 6.42 Å². The molecule has 1 atom stereocenters. The van der Waals surface area contributed by atoms with E-state index in [1.165, 1.54) is 9.75 Å². The van der Waals surface area contributed by atoms with Crippen LogP contribution >= 0.6 is 22.7 Å². The number of hydrogen-bond acceptors (Lipinski definition) is 4. The summed E-state index contributed by atoms with van der Waals surface area (Å²) in [4.78, 5) is 16.5. The number of nitrogens with one attached hydrogen (secondary N) is 2. The minimum atomic E-state index is -0.102. The molecule has 2 aromatic rings. The molecule has 2 amide bonds. The van der Waals surface area contributed by atoms with Crippen LogP contribution in [0, 0.1) is 0 Å². The average molecular weight is 323 g/mol. The maximum Gasteiger partial charge on any atom is 0.314 e. The molecule has 2 aromatic heterocycles. The van der Waals surface area contributed by atoms with E-state index in [1.54, 1.807) is 22.7 Å². The molecule has 0 bridgehead atoms. The molecule has 0 fully saturated rings. The van der Waals surface area contributed by atoms with Crippen molar-refractivity contribution in [3.63, 3.8) is 0 Å². The summed E-state index contributed by atoms with van der Waals surface area (Å²) in [7, 11) is 4.06. The van der Waals surface area contributed by atoms with Crippen molar-refractivity contribution in [2.75, 3.05) is 27.2 Å². The van der Waals surface area contributed by atoms with Crippen molar-refractivity contribution in [1.82, 2.24) is 15.5 Å². The lowest BCUT2D eigenvalue weighted by atomic mass is 10.2. The molecule has 114 valence electrons. The standard InChI is InChI=1S/C15H21N3OS2/c1-18(2)13(14-6-4-10-21-14)11-17-15(19)16-8-7-12-5-3-9-20-12/h3-6,9-10,13H,7-8,11H2,1-2H3,(H2,16,17,19)/t13-/m1/s1. The third-order valence-corrected chi connectivity index (χ3v) is 5.10. The predicted molar refractivity (Wildman–Crippen MR) is 90.2 cm³/mol. The summed E-state index contributed by atoms with van der Waals surface area (Å²) in [5, 5.41) is 9.97. The molecule has 2 rings (SSSR count). The lowest BCUT2D eigenvalue weighted by molar-refractivity contribution is 0.233. The topological polar surface area (TPSA) is 44.4 Å². The Hall–Kier alpha value is -1.37. The highest BCUT2D eigenvalue weighted by Gasteiger charge is 2.15. The third-order valence-electron chi connectivity index (χ3n) is 3.19. The molecule has 2 heterocycles. The second kappa shape index (κ2) is 8.17. The fraction of sp³-hybridized carbons (Fsp3) is 0.400. The van der Waals surface area contributed by atoms with Gasteiger partial charge in [0.2, 0.25) is 0 Å². The Morgan fingerprint density at radius 2 is 1.95 bits per heavy atom. The fourth-order valence-corrected chi connectivity index (χ4v) is 3.66. The lowest BCUT2D eigenvalue weighted by Crippen LogP contribution is -2.40. The van der Waals surface area contributed by atoms with Crippen LogP contribution in [0.5, 0.6) is 0 Å². The number of likely N-dealkylation sites (N-methyl/N-ethyl adjacent to an activating group) is 1. The number of urea groups is 1. The maximum absolute atomic E-state index is 11.8. The van der Waals surface area contributed by atoms with Gasteiger partial charge < -0.3 is 15.5 Å². The monoisotopic (exact) mass is 323 g/mol. The quantitative estimate of drug-likeness (QED) is 0.823. The maximum atomic E-state index is 11.8. The number of hydrogen-bond donors (Lipinski definition) is 2.